The van der Waals surface area contributed by atoms with E-state index in [4.69, 9.17) is 9.84 Å². The summed E-state index contributed by atoms with van der Waals surface area (Å²) < 4.78 is 7.09. The highest BCUT2D eigenvalue weighted by Gasteiger charge is 2.33. The Hall–Kier alpha value is -3.96. The number of carbonyl (C=O) groups is 2. The van der Waals surface area contributed by atoms with Gasteiger partial charge in [-0.2, -0.15) is 5.10 Å². The van der Waals surface area contributed by atoms with Crippen molar-refractivity contribution in [3.8, 4) is 5.75 Å². The van der Waals surface area contributed by atoms with E-state index in [1.807, 2.05) is 73.9 Å². The first-order valence-corrected chi connectivity index (χ1v) is 14.2. The van der Waals surface area contributed by atoms with Crippen molar-refractivity contribution in [3.63, 3.8) is 0 Å². The average molecular weight is 561 g/mol. The van der Waals surface area contributed by atoms with Crippen LogP contribution < -0.4 is 10.1 Å². The van der Waals surface area contributed by atoms with Crippen molar-refractivity contribution < 1.29 is 14.3 Å². The molecule has 0 bridgehead atoms. The second kappa shape index (κ2) is 11.8. The summed E-state index contributed by atoms with van der Waals surface area (Å²) in [5.74, 6) is 1.21. The number of hydrazone groups is 1. The third kappa shape index (κ3) is 6.04. The Balaban J connectivity index is 1.25. The molecule has 2 amide bonds. The van der Waals surface area contributed by atoms with Crippen LogP contribution in [0.1, 0.15) is 44.6 Å². The molecule has 1 aliphatic rings. The number of hydrogen-bond donors (Lipinski definition) is 1. The minimum absolute atomic E-state index is 0.121. The lowest BCUT2D eigenvalue weighted by Crippen LogP contribution is -2.28. The predicted molar refractivity (Wildman–Crippen MR) is 152 cm³/mol. The fourth-order valence-electron chi connectivity index (χ4n) is 4.28. The maximum atomic E-state index is 13.4. The van der Waals surface area contributed by atoms with Crippen LogP contribution in [0.3, 0.4) is 0 Å². The third-order valence-corrected chi connectivity index (χ3v) is 8.33. The Bertz CT molecular complexity index is 1500. The highest BCUT2D eigenvalue weighted by atomic mass is 32.2. The maximum Gasteiger partial charge on any atom is 0.253 e. The van der Waals surface area contributed by atoms with E-state index < -0.39 is 0 Å². The van der Waals surface area contributed by atoms with Crippen molar-refractivity contribution in [2.75, 3.05) is 12.9 Å². The quantitative estimate of drug-likeness (QED) is 0.301. The lowest BCUT2D eigenvalue weighted by Gasteiger charge is -2.22. The highest BCUT2D eigenvalue weighted by molar-refractivity contribution is 7.99. The van der Waals surface area contributed by atoms with Crippen LogP contribution in [0, 0.1) is 6.92 Å². The van der Waals surface area contributed by atoms with Gasteiger partial charge in [0.05, 0.1) is 36.0 Å². The first kappa shape index (κ1) is 26.6. The van der Waals surface area contributed by atoms with Gasteiger partial charge in [0.25, 0.3) is 11.8 Å². The molecule has 2 aromatic heterocycles. The molecule has 0 fully saturated rings. The van der Waals surface area contributed by atoms with Gasteiger partial charge in [0.1, 0.15) is 5.75 Å². The first-order valence-electron chi connectivity index (χ1n) is 12.4. The Morgan fingerprint density at radius 2 is 1.95 bits per heavy atom. The van der Waals surface area contributed by atoms with Crippen molar-refractivity contribution >= 4 is 40.6 Å². The summed E-state index contributed by atoms with van der Waals surface area (Å²) in [7, 11) is 3.45. The molecule has 4 aromatic rings. The van der Waals surface area contributed by atoms with Crippen LogP contribution in [-0.4, -0.2) is 50.2 Å². The van der Waals surface area contributed by atoms with E-state index in [9.17, 15) is 9.59 Å². The molecule has 0 aliphatic carbocycles. The van der Waals surface area contributed by atoms with Crippen molar-refractivity contribution in [2.24, 2.45) is 12.1 Å². The van der Waals surface area contributed by atoms with Gasteiger partial charge < -0.3 is 14.6 Å². The van der Waals surface area contributed by atoms with Gasteiger partial charge in [0, 0.05) is 19.0 Å². The number of thioether (sulfide) groups is 1. The van der Waals surface area contributed by atoms with E-state index >= 15 is 0 Å². The number of nitrogens with one attached hydrogen (secondary N) is 1. The van der Waals surface area contributed by atoms with Crippen molar-refractivity contribution in [1.29, 1.82) is 0 Å². The van der Waals surface area contributed by atoms with E-state index in [-0.39, 0.29) is 30.2 Å². The number of amides is 2. The Kier molecular flexibility index (Phi) is 8.08. The lowest BCUT2D eigenvalue weighted by atomic mass is 10.0. The number of methoxy groups -OCH3 is 1. The summed E-state index contributed by atoms with van der Waals surface area (Å²) in [6, 6.07) is 19.0. The van der Waals surface area contributed by atoms with Crippen LogP contribution >= 0.6 is 23.1 Å². The normalized spacial score (nSPS) is 14.8. The Morgan fingerprint density at radius 3 is 2.67 bits per heavy atom. The molecule has 5 rings (SSSR count). The monoisotopic (exact) mass is 560 g/mol. The zero-order chi connectivity index (χ0) is 27.4. The standard InChI is InChI=1S/C28H28N6O3S2/c1-18-6-4-7-20(14-18)27(36)29-16-25-30-31-28(33(25)2)39-17-26(35)34-23(19-9-11-21(37-3)12-10-19)15-22(32-34)24-8-5-13-38-24/h4-14,23H,15-17H2,1-3H3,(H,29,36). The number of aromatic nitrogens is 3. The third-order valence-electron chi connectivity index (χ3n) is 6.41. The first-order chi connectivity index (χ1) is 18.9. The molecule has 11 heteroatoms. The number of benzene rings is 2. The summed E-state index contributed by atoms with van der Waals surface area (Å²) in [6.07, 6.45) is 0.637. The van der Waals surface area contributed by atoms with Gasteiger partial charge in [-0.3, -0.25) is 9.59 Å². The fraction of sp³-hybridized carbons (Fsp3) is 0.250. The molecule has 0 saturated carbocycles. The van der Waals surface area contributed by atoms with Gasteiger partial charge in [-0.15, -0.1) is 21.5 Å². The number of carbonyl (C=O) groups excluding carboxylic acids is 2. The number of rotatable bonds is 9. The molecule has 9 nitrogen and oxygen atoms in total. The average Bonchev–Trinajstić information content (AvgIpc) is 3.71. The molecule has 1 unspecified atom stereocenters. The molecule has 3 heterocycles. The van der Waals surface area contributed by atoms with Crippen LogP contribution in [-0.2, 0) is 18.4 Å². The van der Waals surface area contributed by atoms with Gasteiger partial charge in [-0.25, -0.2) is 5.01 Å². The van der Waals surface area contributed by atoms with E-state index in [0.29, 0.717) is 23.0 Å². The van der Waals surface area contributed by atoms with E-state index in [2.05, 4.69) is 15.5 Å². The number of ether oxygens (including phenoxy) is 1. The van der Waals surface area contributed by atoms with Gasteiger partial charge in [-0.05, 0) is 48.2 Å². The molecule has 1 N–H and O–H groups in total. The van der Waals surface area contributed by atoms with Gasteiger partial charge in [0.2, 0.25) is 0 Å². The second-order valence-electron chi connectivity index (χ2n) is 9.05. The summed E-state index contributed by atoms with van der Waals surface area (Å²) in [5.41, 5.74) is 3.50. The second-order valence-corrected chi connectivity index (χ2v) is 10.9. The summed E-state index contributed by atoms with van der Waals surface area (Å²) in [6.45, 7) is 2.17. The number of aryl methyl sites for hydroxylation is 1. The molecule has 200 valence electrons. The molecular weight excluding hydrogens is 532 g/mol. The maximum absolute atomic E-state index is 13.4. The fourth-order valence-corrected chi connectivity index (χ4v) is 5.79. The SMILES string of the molecule is COc1ccc(C2CC(c3cccs3)=NN2C(=O)CSc2nnc(CNC(=O)c3cccc(C)c3)n2C)cc1. The smallest absolute Gasteiger partial charge is 0.253 e. The topological polar surface area (TPSA) is 102 Å². The van der Waals surface area contributed by atoms with Crippen LogP contribution in [0.2, 0.25) is 0 Å². The minimum atomic E-state index is -0.201. The zero-order valence-electron chi connectivity index (χ0n) is 21.8. The molecule has 2 aromatic carbocycles. The van der Waals surface area contributed by atoms with Gasteiger partial charge in [-0.1, -0.05) is 47.7 Å². The zero-order valence-corrected chi connectivity index (χ0v) is 23.5. The largest absolute Gasteiger partial charge is 0.497 e. The molecule has 1 aliphatic heterocycles. The minimum Gasteiger partial charge on any atom is -0.497 e. The van der Waals surface area contributed by atoms with Crippen molar-refractivity contribution in [3.05, 3.63) is 93.4 Å². The van der Waals surface area contributed by atoms with E-state index in [1.54, 1.807) is 34.1 Å². The number of nitrogens with zero attached hydrogens (tertiary/aromatic N) is 5. The van der Waals surface area contributed by atoms with Crippen LogP contribution in [0.25, 0.3) is 0 Å². The van der Waals surface area contributed by atoms with Crippen LogP contribution in [0.15, 0.2) is 76.3 Å². The van der Waals surface area contributed by atoms with Crippen LogP contribution in [0.5, 0.6) is 5.75 Å². The lowest BCUT2D eigenvalue weighted by molar-refractivity contribution is -0.130. The van der Waals surface area contributed by atoms with Gasteiger partial charge in [0.15, 0.2) is 11.0 Å². The molecule has 0 radical (unpaired) electrons. The van der Waals surface area contributed by atoms with Crippen molar-refractivity contribution in [2.45, 2.75) is 31.1 Å². The molecule has 0 saturated heterocycles. The number of hydrogen-bond acceptors (Lipinski definition) is 8. The highest BCUT2D eigenvalue weighted by Crippen LogP contribution is 2.35. The van der Waals surface area contributed by atoms with Crippen LogP contribution in [0.4, 0.5) is 0 Å². The summed E-state index contributed by atoms with van der Waals surface area (Å²) in [4.78, 5) is 27.0. The number of thiophene rings is 1. The van der Waals surface area contributed by atoms with E-state index in [1.165, 1.54) is 11.8 Å². The van der Waals surface area contributed by atoms with Crippen molar-refractivity contribution in [1.82, 2.24) is 25.1 Å². The summed E-state index contributed by atoms with van der Waals surface area (Å²) in [5, 5.41) is 20.2. The van der Waals surface area contributed by atoms with Gasteiger partial charge >= 0.3 is 0 Å². The Labute approximate surface area is 234 Å². The molecule has 1 atom stereocenters. The molecule has 39 heavy (non-hydrogen) atoms. The predicted octanol–water partition coefficient (Wildman–Crippen LogP) is 4.59. The van der Waals surface area contributed by atoms with E-state index in [0.717, 1.165) is 27.5 Å². The molecular formula is C28H28N6O3S2. The summed E-state index contributed by atoms with van der Waals surface area (Å²) >= 11 is 2.91. The molecule has 0 spiro atoms. The Morgan fingerprint density at radius 1 is 1.13 bits per heavy atom.